The minimum atomic E-state index is -1.00. The SMILES string of the molecule is CCCCN(CCCC)CCC(=O)NCC(=O)O. The third kappa shape index (κ3) is 10.1. The fourth-order valence-electron chi connectivity index (χ4n) is 1.62. The van der Waals surface area contributed by atoms with Gasteiger partial charge in [0.15, 0.2) is 0 Å². The molecule has 0 atom stereocenters. The van der Waals surface area contributed by atoms with E-state index in [0.717, 1.165) is 38.8 Å². The Labute approximate surface area is 110 Å². The number of nitrogens with zero attached hydrogens (tertiary/aromatic N) is 1. The first-order valence-electron chi connectivity index (χ1n) is 6.81. The van der Waals surface area contributed by atoms with Crippen LogP contribution in [0.15, 0.2) is 0 Å². The summed E-state index contributed by atoms with van der Waals surface area (Å²) in [5.74, 6) is -1.19. The van der Waals surface area contributed by atoms with Crippen LogP contribution in [0.3, 0.4) is 0 Å². The van der Waals surface area contributed by atoms with Gasteiger partial charge in [-0.2, -0.15) is 0 Å². The molecule has 0 fully saturated rings. The average Bonchev–Trinajstić information content (AvgIpc) is 2.35. The quantitative estimate of drug-likeness (QED) is 0.589. The average molecular weight is 258 g/mol. The van der Waals surface area contributed by atoms with Gasteiger partial charge in [-0.25, -0.2) is 0 Å². The molecule has 0 aromatic rings. The summed E-state index contributed by atoms with van der Waals surface area (Å²) < 4.78 is 0. The number of hydrogen-bond donors (Lipinski definition) is 2. The first kappa shape index (κ1) is 16.9. The number of carbonyl (C=O) groups excluding carboxylic acids is 1. The number of unbranched alkanes of at least 4 members (excludes halogenated alkanes) is 2. The summed E-state index contributed by atoms with van der Waals surface area (Å²) in [5, 5.41) is 10.8. The molecule has 18 heavy (non-hydrogen) atoms. The van der Waals surface area contributed by atoms with Gasteiger partial charge in [-0.05, 0) is 25.9 Å². The van der Waals surface area contributed by atoms with Crippen LogP contribution in [0.5, 0.6) is 0 Å². The fraction of sp³-hybridized carbons (Fsp3) is 0.846. The van der Waals surface area contributed by atoms with Crippen molar-refractivity contribution in [1.82, 2.24) is 10.2 Å². The van der Waals surface area contributed by atoms with E-state index in [1.807, 2.05) is 0 Å². The van der Waals surface area contributed by atoms with E-state index >= 15 is 0 Å². The Kier molecular flexibility index (Phi) is 10.3. The molecule has 5 nitrogen and oxygen atoms in total. The molecular weight excluding hydrogens is 232 g/mol. The van der Waals surface area contributed by atoms with E-state index in [2.05, 4.69) is 24.1 Å². The van der Waals surface area contributed by atoms with E-state index in [4.69, 9.17) is 5.11 Å². The van der Waals surface area contributed by atoms with Gasteiger partial charge in [0.05, 0.1) is 0 Å². The van der Waals surface area contributed by atoms with Crippen molar-refractivity contribution in [1.29, 1.82) is 0 Å². The van der Waals surface area contributed by atoms with Gasteiger partial charge in [0.1, 0.15) is 6.54 Å². The normalized spacial score (nSPS) is 10.6. The molecule has 5 heteroatoms. The second-order valence-electron chi connectivity index (χ2n) is 4.47. The zero-order valence-electron chi connectivity index (χ0n) is 11.6. The van der Waals surface area contributed by atoms with Crippen LogP contribution < -0.4 is 5.32 Å². The molecule has 0 saturated carbocycles. The lowest BCUT2D eigenvalue weighted by molar-refractivity contribution is -0.138. The van der Waals surface area contributed by atoms with Crippen LogP contribution in [-0.4, -0.2) is 48.1 Å². The molecule has 0 rings (SSSR count). The molecule has 0 bridgehead atoms. The number of carboxylic acids is 1. The highest BCUT2D eigenvalue weighted by molar-refractivity contribution is 5.81. The lowest BCUT2D eigenvalue weighted by atomic mass is 10.2. The molecule has 0 aliphatic carbocycles. The van der Waals surface area contributed by atoms with E-state index in [9.17, 15) is 9.59 Å². The molecule has 2 N–H and O–H groups in total. The predicted molar refractivity (Wildman–Crippen MR) is 71.5 cm³/mol. The third-order valence-corrected chi connectivity index (χ3v) is 2.75. The zero-order valence-corrected chi connectivity index (χ0v) is 11.6. The number of nitrogens with one attached hydrogen (secondary N) is 1. The van der Waals surface area contributed by atoms with Crippen LogP contribution in [0.25, 0.3) is 0 Å². The zero-order chi connectivity index (χ0) is 13.8. The molecule has 0 aromatic heterocycles. The Morgan fingerprint density at radius 1 is 1.06 bits per heavy atom. The van der Waals surface area contributed by atoms with Gasteiger partial charge in [0.2, 0.25) is 5.91 Å². The molecule has 0 radical (unpaired) electrons. The van der Waals surface area contributed by atoms with Crippen molar-refractivity contribution < 1.29 is 14.7 Å². The Morgan fingerprint density at radius 3 is 2.06 bits per heavy atom. The van der Waals surface area contributed by atoms with E-state index in [1.54, 1.807) is 0 Å². The van der Waals surface area contributed by atoms with Gasteiger partial charge in [0.25, 0.3) is 0 Å². The van der Waals surface area contributed by atoms with Crippen molar-refractivity contribution in [2.45, 2.75) is 46.0 Å². The highest BCUT2D eigenvalue weighted by Crippen LogP contribution is 2.00. The molecule has 0 spiro atoms. The summed E-state index contributed by atoms with van der Waals surface area (Å²) in [4.78, 5) is 24.0. The summed E-state index contributed by atoms with van der Waals surface area (Å²) in [6, 6.07) is 0. The Bertz CT molecular complexity index is 236. The number of aliphatic carboxylic acids is 1. The maximum atomic E-state index is 11.4. The minimum Gasteiger partial charge on any atom is -0.480 e. The largest absolute Gasteiger partial charge is 0.480 e. The van der Waals surface area contributed by atoms with Crippen LogP contribution in [0, 0.1) is 0 Å². The predicted octanol–water partition coefficient (Wildman–Crippen LogP) is 1.48. The van der Waals surface area contributed by atoms with Gasteiger partial charge < -0.3 is 15.3 Å². The second-order valence-corrected chi connectivity index (χ2v) is 4.47. The Balaban J connectivity index is 3.84. The summed E-state index contributed by atoms with van der Waals surface area (Å²) in [5.41, 5.74) is 0. The van der Waals surface area contributed by atoms with Gasteiger partial charge in [-0.1, -0.05) is 26.7 Å². The lowest BCUT2D eigenvalue weighted by Gasteiger charge is -2.21. The van der Waals surface area contributed by atoms with Gasteiger partial charge in [-0.3, -0.25) is 9.59 Å². The summed E-state index contributed by atoms with van der Waals surface area (Å²) in [7, 11) is 0. The summed E-state index contributed by atoms with van der Waals surface area (Å²) >= 11 is 0. The van der Waals surface area contributed by atoms with E-state index in [-0.39, 0.29) is 12.5 Å². The van der Waals surface area contributed by atoms with Crippen LogP contribution >= 0.6 is 0 Å². The van der Waals surface area contributed by atoms with E-state index < -0.39 is 5.97 Å². The number of hydrogen-bond acceptors (Lipinski definition) is 3. The maximum Gasteiger partial charge on any atom is 0.322 e. The molecule has 1 amide bonds. The summed E-state index contributed by atoms with van der Waals surface area (Å²) in [6.07, 6.45) is 4.95. The van der Waals surface area contributed by atoms with Gasteiger partial charge >= 0.3 is 5.97 Å². The summed E-state index contributed by atoms with van der Waals surface area (Å²) in [6.45, 7) is 6.76. The molecule has 0 saturated heterocycles. The number of rotatable bonds is 11. The maximum absolute atomic E-state index is 11.4. The second kappa shape index (κ2) is 11.0. The van der Waals surface area contributed by atoms with Gasteiger partial charge in [0, 0.05) is 13.0 Å². The fourth-order valence-corrected chi connectivity index (χ4v) is 1.62. The first-order chi connectivity index (χ1) is 8.60. The van der Waals surface area contributed by atoms with Crippen molar-refractivity contribution in [2.75, 3.05) is 26.2 Å². The topological polar surface area (TPSA) is 69.6 Å². The standard InChI is InChI=1S/C13H26N2O3/c1-3-5-8-15(9-6-4-2)10-7-12(16)14-11-13(17)18/h3-11H2,1-2H3,(H,14,16)(H,17,18). The number of amides is 1. The first-order valence-corrected chi connectivity index (χ1v) is 6.81. The van der Waals surface area contributed by atoms with Crippen LogP contribution in [0.2, 0.25) is 0 Å². The molecular formula is C13H26N2O3. The van der Waals surface area contributed by atoms with Crippen molar-refractivity contribution in [3.05, 3.63) is 0 Å². The Hall–Kier alpha value is -1.10. The highest BCUT2D eigenvalue weighted by atomic mass is 16.4. The van der Waals surface area contributed by atoms with Crippen LogP contribution in [-0.2, 0) is 9.59 Å². The van der Waals surface area contributed by atoms with E-state index in [1.165, 1.54) is 0 Å². The van der Waals surface area contributed by atoms with Crippen LogP contribution in [0.4, 0.5) is 0 Å². The monoisotopic (exact) mass is 258 g/mol. The minimum absolute atomic E-state index is 0.185. The molecule has 0 unspecified atom stereocenters. The molecule has 0 heterocycles. The Morgan fingerprint density at radius 2 is 1.61 bits per heavy atom. The molecule has 0 aliphatic rings. The number of carboxylic acid groups (broad SMARTS) is 1. The molecule has 0 aliphatic heterocycles. The third-order valence-electron chi connectivity index (χ3n) is 2.75. The van der Waals surface area contributed by atoms with Crippen molar-refractivity contribution >= 4 is 11.9 Å². The van der Waals surface area contributed by atoms with E-state index in [0.29, 0.717) is 13.0 Å². The van der Waals surface area contributed by atoms with Gasteiger partial charge in [-0.15, -0.1) is 0 Å². The highest BCUT2D eigenvalue weighted by Gasteiger charge is 2.08. The molecule has 0 aromatic carbocycles. The van der Waals surface area contributed by atoms with Crippen LogP contribution in [0.1, 0.15) is 46.0 Å². The van der Waals surface area contributed by atoms with Crippen molar-refractivity contribution in [3.63, 3.8) is 0 Å². The van der Waals surface area contributed by atoms with Crippen molar-refractivity contribution in [3.8, 4) is 0 Å². The smallest absolute Gasteiger partial charge is 0.322 e. The number of carbonyl (C=O) groups is 2. The lowest BCUT2D eigenvalue weighted by Crippen LogP contribution is -2.34. The molecule has 106 valence electrons. The van der Waals surface area contributed by atoms with Crippen molar-refractivity contribution in [2.24, 2.45) is 0 Å².